The predicted octanol–water partition coefficient (Wildman–Crippen LogP) is 4.48. The lowest BCUT2D eigenvalue weighted by atomic mass is 9.96. The molecule has 4 N–H and O–H groups in total. The Morgan fingerprint density at radius 1 is 1.26 bits per heavy atom. The standard InChI is InChI=1S/C24H34N2O4S/c1-7-8-18-13-31-23(21(18)14(2)3)24(26-25)30-17(6)19-9-15(4)22(16(5)10-19)29-12-20(28)11-27/h9-10,13-14,20,27-28H,6-8,11-12,25H2,1-5H3/b26-24-. The second kappa shape index (κ2) is 11.3. The molecule has 0 radical (unpaired) electrons. The lowest BCUT2D eigenvalue weighted by molar-refractivity contribution is 0.0532. The van der Waals surface area contributed by atoms with Crippen molar-refractivity contribution in [2.45, 2.75) is 59.5 Å². The summed E-state index contributed by atoms with van der Waals surface area (Å²) in [6.07, 6.45) is 1.16. The van der Waals surface area contributed by atoms with E-state index in [0.29, 0.717) is 23.3 Å². The van der Waals surface area contributed by atoms with Crippen LogP contribution in [-0.4, -0.2) is 35.4 Å². The summed E-state index contributed by atoms with van der Waals surface area (Å²) in [6, 6.07) is 3.81. The number of hydrazone groups is 1. The van der Waals surface area contributed by atoms with Crippen LogP contribution in [0.3, 0.4) is 0 Å². The number of nitrogens with zero attached hydrogens (tertiary/aromatic N) is 1. The zero-order chi connectivity index (χ0) is 23.1. The zero-order valence-electron chi connectivity index (χ0n) is 19.1. The van der Waals surface area contributed by atoms with Crippen molar-refractivity contribution >= 4 is 23.0 Å². The third-order valence-corrected chi connectivity index (χ3v) is 5.98. The number of aryl methyl sites for hydroxylation is 3. The van der Waals surface area contributed by atoms with Crippen LogP contribution in [-0.2, 0) is 11.2 Å². The van der Waals surface area contributed by atoms with Gasteiger partial charge in [0, 0.05) is 5.56 Å². The number of thiophene rings is 1. The first-order chi connectivity index (χ1) is 14.7. The van der Waals surface area contributed by atoms with Crippen LogP contribution >= 0.6 is 11.3 Å². The van der Waals surface area contributed by atoms with Crippen molar-refractivity contribution in [1.29, 1.82) is 0 Å². The fourth-order valence-corrected chi connectivity index (χ4v) is 4.74. The minimum Gasteiger partial charge on any atom is -0.490 e. The summed E-state index contributed by atoms with van der Waals surface area (Å²) in [7, 11) is 0. The summed E-state index contributed by atoms with van der Waals surface area (Å²) in [6.45, 7) is 14.1. The van der Waals surface area contributed by atoms with Crippen molar-refractivity contribution in [3.8, 4) is 5.75 Å². The number of ether oxygens (including phenoxy) is 2. The molecule has 170 valence electrons. The van der Waals surface area contributed by atoms with E-state index >= 15 is 0 Å². The molecule has 0 saturated heterocycles. The van der Waals surface area contributed by atoms with Crippen molar-refractivity contribution in [3.05, 3.63) is 56.8 Å². The molecule has 0 fully saturated rings. The van der Waals surface area contributed by atoms with Crippen molar-refractivity contribution in [2.24, 2.45) is 10.9 Å². The lowest BCUT2D eigenvalue weighted by Crippen LogP contribution is -2.21. The maximum absolute atomic E-state index is 9.54. The summed E-state index contributed by atoms with van der Waals surface area (Å²) in [4.78, 5) is 0.938. The fraction of sp³-hybridized carbons (Fsp3) is 0.458. The molecule has 0 bridgehead atoms. The van der Waals surface area contributed by atoms with Crippen molar-refractivity contribution in [2.75, 3.05) is 13.2 Å². The first-order valence-corrected chi connectivity index (χ1v) is 11.4. The SMILES string of the molecule is C=C(O/C(=N\N)c1scc(CCC)c1C(C)C)c1cc(C)c(OCC(O)CO)c(C)c1. The van der Waals surface area contributed by atoms with E-state index in [4.69, 9.17) is 20.4 Å². The molecule has 2 aromatic rings. The normalized spacial score (nSPS) is 12.8. The van der Waals surface area contributed by atoms with Gasteiger partial charge in [-0.15, -0.1) is 16.4 Å². The molecule has 1 heterocycles. The summed E-state index contributed by atoms with van der Waals surface area (Å²) >= 11 is 1.59. The number of aliphatic hydroxyl groups excluding tert-OH is 2. The van der Waals surface area contributed by atoms with Gasteiger partial charge in [-0.2, -0.15) is 0 Å². The third-order valence-electron chi connectivity index (χ3n) is 4.95. The topological polar surface area (TPSA) is 97.3 Å². The highest BCUT2D eigenvalue weighted by atomic mass is 32.1. The number of hydrogen-bond donors (Lipinski definition) is 3. The van der Waals surface area contributed by atoms with E-state index in [1.54, 1.807) is 11.3 Å². The molecule has 0 aliphatic heterocycles. The summed E-state index contributed by atoms with van der Waals surface area (Å²) in [5.74, 6) is 7.51. The first kappa shape index (κ1) is 24.9. The van der Waals surface area contributed by atoms with Gasteiger partial charge in [-0.05, 0) is 66.0 Å². The number of aliphatic hydroxyl groups is 2. The van der Waals surface area contributed by atoms with Gasteiger partial charge in [0.2, 0.25) is 0 Å². The van der Waals surface area contributed by atoms with Gasteiger partial charge >= 0.3 is 0 Å². The van der Waals surface area contributed by atoms with E-state index in [2.05, 4.69) is 37.8 Å². The third kappa shape index (κ3) is 6.09. The van der Waals surface area contributed by atoms with Gasteiger partial charge in [-0.1, -0.05) is 33.8 Å². The molecule has 1 atom stereocenters. The molecule has 31 heavy (non-hydrogen) atoms. The van der Waals surface area contributed by atoms with Crippen LogP contribution in [0.15, 0.2) is 29.2 Å². The highest BCUT2D eigenvalue weighted by molar-refractivity contribution is 7.12. The molecule has 0 aliphatic carbocycles. The Balaban J connectivity index is 2.26. The number of benzene rings is 1. The molecular weight excluding hydrogens is 412 g/mol. The molecule has 1 aromatic carbocycles. The second-order valence-corrected chi connectivity index (χ2v) is 8.83. The smallest absolute Gasteiger partial charge is 0.253 e. The van der Waals surface area contributed by atoms with Crippen molar-refractivity contribution in [3.63, 3.8) is 0 Å². The van der Waals surface area contributed by atoms with Crippen LogP contribution in [0, 0.1) is 13.8 Å². The molecule has 1 aromatic heterocycles. The Bertz CT molecular complexity index is 911. The highest BCUT2D eigenvalue weighted by Gasteiger charge is 2.21. The molecule has 0 saturated carbocycles. The lowest BCUT2D eigenvalue weighted by Gasteiger charge is -2.17. The average Bonchev–Trinajstić information content (AvgIpc) is 3.14. The van der Waals surface area contributed by atoms with Gasteiger partial charge in [-0.25, -0.2) is 0 Å². The van der Waals surface area contributed by atoms with Gasteiger partial charge in [0.25, 0.3) is 5.90 Å². The minimum atomic E-state index is -0.918. The van der Waals surface area contributed by atoms with Crippen LogP contribution in [0.1, 0.15) is 65.8 Å². The maximum Gasteiger partial charge on any atom is 0.253 e. The molecule has 0 spiro atoms. The largest absolute Gasteiger partial charge is 0.490 e. The van der Waals surface area contributed by atoms with Crippen LogP contribution in [0.5, 0.6) is 5.75 Å². The van der Waals surface area contributed by atoms with Gasteiger partial charge in [0.15, 0.2) is 0 Å². The number of nitrogens with two attached hydrogens (primary N) is 1. The predicted molar refractivity (Wildman–Crippen MR) is 128 cm³/mol. The summed E-state index contributed by atoms with van der Waals surface area (Å²) in [5.41, 5.74) is 5.08. The molecule has 2 rings (SSSR count). The van der Waals surface area contributed by atoms with Crippen LogP contribution in [0.2, 0.25) is 0 Å². The monoisotopic (exact) mass is 446 g/mol. The number of hydrogen-bond acceptors (Lipinski definition) is 7. The second-order valence-electron chi connectivity index (χ2n) is 7.95. The van der Waals surface area contributed by atoms with Gasteiger partial charge in [0.05, 0.1) is 11.5 Å². The van der Waals surface area contributed by atoms with Gasteiger partial charge in [-0.3, -0.25) is 0 Å². The summed E-state index contributed by atoms with van der Waals surface area (Å²) < 4.78 is 11.7. The first-order valence-electron chi connectivity index (χ1n) is 10.5. The van der Waals surface area contributed by atoms with Crippen molar-refractivity contribution in [1.82, 2.24) is 0 Å². The van der Waals surface area contributed by atoms with Crippen molar-refractivity contribution < 1.29 is 19.7 Å². The van der Waals surface area contributed by atoms with E-state index in [-0.39, 0.29) is 13.2 Å². The van der Waals surface area contributed by atoms with Crippen LogP contribution in [0.25, 0.3) is 5.76 Å². The molecule has 0 amide bonds. The average molecular weight is 447 g/mol. The Labute approximate surface area is 189 Å². The Morgan fingerprint density at radius 3 is 2.42 bits per heavy atom. The molecular formula is C24H34N2O4S. The Morgan fingerprint density at radius 2 is 1.90 bits per heavy atom. The fourth-order valence-electron chi connectivity index (χ4n) is 3.54. The van der Waals surface area contributed by atoms with Crippen LogP contribution < -0.4 is 10.6 Å². The Hall–Kier alpha value is -2.35. The Kier molecular flexibility index (Phi) is 9.10. The highest BCUT2D eigenvalue weighted by Crippen LogP contribution is 2.33. The van der Waals surface area contributed by atoms with E-state index in [0.717, 1.165) is 34.4 Å². The van der Waals surface area contributed by atoms with E-state index < -0.39 is 6.10 Å². The van der Waals surface area contributed by atoms with Gasteiger partial charge in [0.1, 0.15) is 24.2 Å². The maximum atomic E-state index is 9.54. The van der Waals surface area contributed by atoms with E-state index in [9.17, 15) is 5.11 Å². The van der Waals surface area contributed by atoms with Crippen LogP contribution in [0.4, 0.5) is 0 Å². The number of rotatable bonds is 10. The molecule has 1 unspecified atom stereocenters. The molecule has 7 heteroatoms. The quantitative estimate of drug-likeness (QED) is 0.164. The minimum absolute atomic E-state index is 0.0232. The molecule has 0 aliphatic rings. The zero-order valence-corrected chi connectivity index (χ0v) is 19.9. The van der Waals surface area contributed by atoms with Gasteiger partial charge < -0.3 is 25.5 Å². The van der Waals surface area contributed by atoms with E-state index in [1.165, 1.54) is 11.1 Å². The summed E-state index contributed by atoms with van der Waals surface area (Å²) in [5, 5.41) is 24.6. The molecule has 6 nitrogen and oxygen atoms in total. The van der Waals surface area contributed by atoms with E-state index in [1.807, 2.05) is 26.0 Å².